The van der Waals surface area contributed by atoms with E-state index in [0.717, 1.165) is 16.6 Å². The van der Waals surface area contributed by atoms with Crippen LogP contribution in [-0.2, 0) is 16.4 Å². The van der Waals surface area contributed by atoms with Crippen LogP contribution in [0.25, 0.3) is 0 Å². The third-order valence-corrected chi connectivity index (χ3v) is 8.58. The molecule has 5 nitrogen and oxygen atoms in total. The number of hydrogen-bond donors (Lipinski definition) is 0. The Morgan fingerprint density at radius 2 is 1.90 bits per heavy atom. The van der Waals surface area contributed by atoms with E-state index in [1.807, 2.05) is 31.2 Å². The van der Waals surface area contributed by atoms with Crippen molar-refractivity contribution in [3.05, 3.63) is 59.2 Å². The van der Waals surface area contributed by atoms with Crippen LogP contribution in [0.2, 0.25) is 0 Å². The highest BCUT2D eigenvalue weighted by molar-refractivity contribution is 8.15. The topological polar surface area (TPSA) is 59.0 Å². The van der Waals surface area contributed by atoms with Gasteiger partial charge < -0.3 is 9.64 Å². The molecule has 0 aliphatic carbocycles. The Bertz CT molecular complexity index is 1030. The van der Waals surface area contributed by atoms with Crippen LogP contribution in [0, 0.1) is 13.8 Å². The number of fused-ring (bicyclic) bond motifs is 1. The molecule has 2 atom stereocenters. The van der Waals surface area contributed by atoms with Crippen molar-refractivity contribution < 1.29 is 13.2 Å². The number of sulfone groups is 1. The summed E-state index contributed by atoms with van der Waals surface area (Å²) in [5.74, 6) is 1.22. The van der Waals surface area contributed by atoms with E-state index in [2.05, 4.69) is 36.9 Å². The predicted molar refractivity (Wildman–Crippen MR) is 121 cm³/mol. The van der Waals surface area contributed by atoms with Gasteiger partial charge in [-0.25, -0.2) is 8.42 Å². The van der Waals surface area contributed by atoms with Gasteiger partial charge in [-0.1, -0.05) is 35.5 Å². The maximum absolute atomic E-state index is 12.0. The average Bonchev–Trinajstić information content (AvgIpc) is 3.17. The van der Waals surface area contributed by atoms with E-state index in [1.54, 1.807) is 11.8 Å². The minimum atomic E-state index is -2.97. The molecular formula is C22H26N2O3S2. The summed E-state index contributed by atoms with van der Waals surface area (Å²) in [5, 5.41) is 0.929. The number of benzene rings is 2. The lowest BCUT2D eigenvalue weighted by Gasteiger charge is -2.26. The number of ether oxygens (including phenoxy) is 1. The Morgan fingerprint density at radius 3 is 2.59 bits per heavy atom. The minimum absolute atomic E-state index is 0.0267. The van der Waals surface area contributed by atoms with Gasteiger partial charge in [-0.05, 0) is 56.2 Å². The second-order valence-corrected chi connectivity index (χ2v) is 11.0. The van der Waals surface area contributed by atoms with E-state index in [1.165, 1.54) is 16.7 Å². The van der Waals surface area contributed by atoms with E-state index in [-0.39, 0.29) is 22.8 Å². The predicted octanol–water partition coefficient (Wildman–Crippen LogP) is 3.98. The average molecular weight is 431 g/mol. The van der Waals surface area contributed by atoms with Crippen molar-refractivity contribution >= 4 is 32.5 Å². The molecule has 2 aromatic carbocycles. The Balaban J connectivity index is 1.67. The smallest absolute Gasteiger partial charge is 0.164 e. The molecule has 4 rings (SSSR count). The highest BCUT2D eigenvalue weighted by Crippen LogP contribution is 2.37. The van der Waals surface area contributed by atoms with Crippen LogP contribution >= 0.6 is 11.8 Å². The molecule has 1 saturated heterocycles. The van der Waals surface area contributed by atoms with Crippen LogP contribution in [-0.4, -0.2) is 43.0 Å². The molecule has 154 valence electrons. The van der Waals surface area contributed by atoms with Crippen molar-refractivity contribution in [3.63, 3.8) is 0 Å². The van der Waals surface area contributed by atoms with Gasteiger partial charge in [-0.3, -0.25) is 4.99 Å². The number of aryl methyl sites for hydroxylation is 2. The third-order valence-electron chi connectivity index (χ3n) is 5.33. The summed E-state index contributed by atoms with van der Waals surface area (Å²) in [6.07, 6.45) is 0. The van der Waals surface area contributed by atoms with Gasteiger partial charge in [0.1, 0.15) is 5.75 Å². The highest BCUT2D eigenvalue weighted by atomic mass is 32.2. The van der Waals surface area contributed by atoms with Gasteiger partial charge in [0, 0.05) is 10.9 Å². The zero-order valence-corrected chi connectivity index (χ0v) is 18.6. The van der Waals surface area contributed by atoms with Gasteiger partial charge in [-0.2, -0.15) is 0 Å². The Morgan fingerprint density at radius 1 is 1.14 bits per heavy atom. The first-order valence-electron chi connectivity index (χ1n) is 9.86. The van der Waals surface area contributed by atoms with Gasteiger partial charge in [-0.15, -0.1) is 0 Å². The molecule has 0 amide bonds. The number of aliphatic imine (C=N–C) groups is 1. The molecule has 1 fully saturated rings. The molecule has 2 aliphatic heterocycles. The number of amidine groups is 1. The zero-order chi connectivity index (χ0) is 20.6. The summed E-state index contributed by atoms with van der Waals surface area (Å²) in [5.41, 5.74) is 4.73. The van der Waals surface area contributed by atoms with Crippen LogP contribution in [0.5, 0.6) is 5.75 Å². The summed E-state index contributed by atoms with van der Waals surface area (Å²) in [6.45, 7) is 7.51. The Kier molecular flexibility index (Phi) is 5.62. The first kappa shape index (κ1) is 20.3. The fourth-order valence-electron chi connectivity index (χ4n) is 3.77. The maximum atomic E-state index is 12.0. The van der Waals surface area contributed by atoms with Gasteiger partial charge >= 0.3 is 0 Å². The SMILES string of the molecule is CCOc1ccc(N(Cc2cc(C)ccc2C)C2=NC3CS(=O)(=O)CC3S2)cc1. The molecule has 0 aromatic heterocycles. The van der Waals surface area contributed by atoms with Gasteiger partial charge in [0.05, 0.1) is 30.7 Å². The van der Waals surface area contributed by atoms with E-state index >= 15 is 0 Å². The van der Waals surface area contributed by atoms with Gasteiger partial charge in [0.15, 0.2) is 15.0 Å². The maximum Gasteiger partial charge on any atom is 0.164 e. The van der Waals surface area contributed by atoms with Crippen molar-refractivity contribution in [2.75, 3.05) is 23.0 Å². The van der Waals surface area contributed by atoms with Crippen molar-refractivity contribution in [2.24, 2.45) is 4.99 Å². The molecule has 7 heteroatoms. The second kappa shape index (κ2) is 8.03. The van der Waals surface area contributed by atoms with Crippen molar-refractivity contribution in [2.45, 2.75) is 38.6 Å². The molecule has 29 heavy (non-hydrogen) atoms. The molecule has 0 saturated carbocycles. The molecule has 0 radical (unpaired) electrons. The molecule has 0 spiro atoms. The molecular weight excluding hydrogens is 404 g/mol. The van der Waals surface area contributed by atoms with Crippen LogP contribution in [0.15, 0.2) is 47.5 Å². The fourth-order valence-corrected chi connectivity index (χ4v) is 7.55. The fraction of sp³-hybridized carbons (Fsp3) is 0.409. The summed E-state index contributed by atoms with van der Waals surface area (Å²) in [7, 11) is -2.97. The Labute approximate surface area is 177 Å². The van der Waals surface area contributed by atoms with Crippen LogP contribution < -0.4 is 9.64 Å². The monoisotopic (exact) mass is 430 g/mol. The number of thioether (sulfide) groups is 1. The van der Waals surface area contributed by atoms with Crippen LogP contribution in [0.4, 0.5) is 5.69 Å². The van der Waals surface area contributed by atoms with Crippen LogP contribution in [0.1, 0.15) is 23.6 Å². The lowest BCUT2D eigenvalue weighted by molar-refractivity contribution is 0.340. The van der Waals surface area contributed by atoms with E-state index in [0.29, 0.717) is 13.2 Å². The quantitative estimate of drug-likeness (QED) is 0.718. The third kappa shape index (κ3) is 4.46. The number of hydrogen-bond acceptors (Lipinski definition) is 6. The standard InChI is InChI=1S/C22H26N2O3S2/c1-4-27-19-9-7-18(8-10-19)24(12-17-11-15(2)5-6-16(17)3)22-23-20-13-29(25,26)14-21(20)28-22/h5-11,20-21H,4,12-14H2,1-3H3. The van der Waals surface area contributed by atoms with E-state index in [4.69, 9.17) is 9.73 Å². The van der Waals surface area contributed by atoms with E-state index < -0.39 is 9.84 Å². The minimum Gasteiger partial charge on any atom is -0.494 e. The van der Waals surface area contributed by atoms with Gasteiger partial charge in [0.2, 0.25) is 0 Å². The first-order valence-corrected chi connectivity index (χ1v) is 12.6. The summed E-state index contributed by atoms with van der Waals surface area (Å²) in [4.78, 5) is 7.03. The lowest BCUT2D eigenvalue weighted by atomic mass is 10.1. The number of nitrogens with zero attached hydrogens (tertiary/aromatic N) is 2. The molecule has 2 unspecified atom stereocenters. The lowest BCUT2D eigenvalue weighted by Crippen LogP contribution is -2.28. The van der Waals surface area contributed by atoms with Crippen molar-refractivity contribution in [3.8, 4) is 5.75 Å². The first-order chi connectivity index (χ1) is 13.8. The Hall–Kier alpha value is -1.99. The zero-order valence-electron chi connectivity index (χ0n) is 17.0. The van der Waals surface area contributed by atoms with Gasteiger partial charge in [0.25, 0.3) is 0 Å². The van der Waals surface area contributed by atoms with Crippen LogP contribution in [0.3, 0.4) is 0 Å². The molecule has 0 N–H and O–H groups in total. The summed E-state index contributed by atoms with van der Waals surface area (Å²) in [6, 6.07) is 14.4. The van der Waals surface area contributed by atoms with E-state index in [9.17, 15) is 8.42 Å². The number of anilines is 1. The summed E-state index contributed by atoms with van der Waals surface area (Å²) < 4.78 is 29.5. The number of rotatable bonds is 5. The molecule has 2 heterocycles. The normalized spacial score (nSPS) is 22.2. The van der Waals surface area contributed by atoms with Crippen molar-refractivity contribution in [1.29, 1.82) is 0 Å². The molecule has 2 aromatic rings. The van der Waals surface area contributed by atoms with Crippen molar-refractivity contribution in [1.82, 2.24) is 0 Å². The molecule has 0 bridgehead atoms. The molecule has 2 aliphatic rings. The highest BCUT2D eigenvalue weighted by Gasteiger charge is 2.44. The summed E-state index contributed by atoms with van der Waals surface area (Å²) >= 11 is 1.60. The largest absolute Gasteiger partial charge is 0.494 e. The second-order valence-electron chi connectivity index (χ2n) is 7.66.